The van der Waals surface area contributed by atoms with Crippen LogP contribution in [0.25, 0.3) is 0 Å². The zero-order valence-electron chi connectivity index (χ0n) is 9.45. The Morgan fingerprint density at radius 3 is 2.53 bits per heavy atom. The Kier molecular flexibility index (Phi) is 5.52. The molecule has 0 amide bonds. The Morgan fingerprint density at radius 1 is 1.13 bits per heavy atom. The molecular formula is C13H20N2. The Bertz CT molecular complexity index is 291. The molecule has 0 aromatic heterocycles. The third-order valence-electron chi connectivity index (χ3n) is 2.36. The minimum atomic E-state index is 0.659. The lowest BCUT2D eigenvalue weighted by molar-refractivity contribution is 0.675. The highest BCUT2D eigenvalue weighted by atomic mass is 14.8. The van der Waals surface area contributed by atoms with Gasteiger partial charge in [-0.25, -0.2) is 0 Å². The van der Waals surface area contributed by atoms with Gasteiger partial charge in [0.05, 0.1) is 0 Å². The Labute approximate surface area is 92.2 Å². The number of hydrogen-bond donors (Lipinski definition) is 1. The van der Waals surface area contributed by atoms with Crippen LogP contribution in [-0.4, -0.2) is 12.4 Å². The van der Waals surface area contributed by atoms with Crippen molar-refractivity contribution in [2.75, 3.05) is 6.54 Å². The van der Waals surface area contributed by atoms with E-state index in [1.807, 2.05) is 30.3 Å². The number of benzene rings is 1. The number of unbranched alkanes of at least 4 members (excludes halogenated alkanes) is 3. The van der Waals surface area contributed by atoms with Gasteiger partial charge in [-0.15, -0.1) is 0 Å². The van der Waals surface area contributed by atoms with Gasteiger partial charge in [0, 0.05) is 12.1 Å². The first-order valence-electron chi connectivity index (χ1n) is 5.70. The summed E-state index contributed by atoms with van der Waals surface area (Å²) >= 11 is 0. The topological polar surface area (TPSA) is 38.4 Å². The summed E-state index contributed by atoms with van der Waals surface area (Å²) < 4.78 is 0. The van der Waals surface area contributed by atoms with E-state index in [9.17, 15) is 0 Å². The van der Waals surface area contributed by atoms with E-state index in [1.54, 1.807) is 0 Å². The minimum Gasteiger partial charge on any atom is -0.384 e. The molecule has 82 valence electrons. The second-order valence-electron chi connectivity index (χ2n) is 3.69. The molecule has 2 N–H and O–H groups in total. The molecule has 0 fully saturated rings. The molecule has 0 bridgehead atoms. The fourth-order valence-corrected chi connectivity index (χ4v) is 1.44. The average molecular weight is 204 g/mol. The lowest BCUT2D eigenvalue weighted by Crippen LogP contribution is -2.13. The van der Waals surface area contributed by atoms with Gasteiger partial charge >= 0.3 is 0 Å². The number of nitrogens with two attached hydrogens (primary N) is 1. The van der Waals surface area contributed by atoms with Crippen molar-refractivity contribution in [3.05, 3.63) is 35.9 Å². The molecule has 2 nitrogen and oxygen atoms in total. The zero-order chi connectivity index (χ0) is 10.9. The molecule has 0 spiro atoms. The molecule has 0 aliphatic rings. The molecule has 0 aliphatic heterocycles. The summed E-state index contributed by atoms with van der Waals surface area (Å²) in [4.78, 5) is 4.36. The quantitative estimate of drug-likeness (QED) is 0.432. The van der Waals surface area contributed by atoms with Crippen molar-refractivity contribution in [1.29, 1.82) is 0 Å². The third-order valence-corrected chi connectivity index (χ3v) is 2.36. The van der Waals surface area contributed by atoms with Gasteiger partial charge in [0.25, 0.3) is 0 Å². The predicted octanol–water partition coefficient (Wildman–Crippen LogP) is 2.97. The highest BCUT2D eigenvalue weighted by Crippen LogP contribution is 2.01. The van der Waals surface area contributed by atoms with Crippen LogP contribution in [0.2, 0.25) is 0 Å². The lowest BCUT2D eigenvalue weighted by atomic mass is 10.2. The number of hydrogen-bond acceptors (Lipinski definition) is 1. The van der Waals surface area contributed by atoms with Gasteiger partial charge in [-0.2, -0.15) is 0 Å². The highest BCUT2D eigenvalue weighted by molar-refractivity contribution is 5.97. The summed E-state index contributed by atoms with van der Waals surface area (Å²) in [5.74, 6) is 0.659. The van der Waals surface area contributed by atoms with Gasteiger partial charge < -0.3 is 5.73 Å². The van der Waals surface area contributed by atoms with E-state index in [1.165, 1.54) is 19.3 Å². The van der Waals surface area contributed by atoms with Gasteiger partial charge in [-0.05, 0) is 6.42 Å². The molecule has 0 aliphatic carbocycles. The van der Waals surface area contributed by atoms with Crippen LogP contribution in [0.3, 0.4) is 0 Å². The van der Waals surface area contributed by atoms with Gasteiger partial charge in [-0.3, -0.25) is 4.99 Å². The molecule has 2 heteroatoms. The standard InChI is InChI=1S/C13H20N2/c1-2-3-4-8-11-15-13(14)12-9-6-5-7-10-12/h5-7,9-10H,2-4,8,11H2,1H3,(H2,14,15). The van der Waals surface area contributed by atoms with E-state index in [-0.39, 0.29) is 0 Å². The van der Waals surface area contributed by atoms with Gasteiger partial charge in [0.1, 0.15) is 5.84 Å². The fraction of sp³-hybridized carbons (Fsp3) is 0.462. The van der Waals surface area contributed by atoms with E-state index >= 15 is 0 Å². The van der Waals surface area contributed by atoms with Crippen LogP contribution in [-0.2, 0) is 0 Å². The predicted molar refractivity (Wildman–Crippen MR) is 66.2 cm³/mol. The first kappa shape index (κ1) is 11.8. The van der Waals surface area contributed by atoms with E-state index in [0.29, 0.717) is 5.84 Å². The van der Waals surface area contributed by atoms with Crippen LogP contribution in [0.1, 0.15) is 38.2 Å². The third kappa shape index (κ3) is 4.63. The van der Waals surface area contributed by atoms with Crippen molar-refractivity contribution >= 4 is 5.84 Å². The summed E-state index contributed by atoms with van der Waals surface area (Å²) in [7, 11) is 0. The van der Waals surface area contributed by atoms with Crippen molar-refractivity contribution in [2.24, 2.45) is 10.7 Å². The minimum absolute atomic E-state index is 0.659. The Hall–Kier alpha value is -1.31. The average Bonchev–Trinajstić information content (AvgIpc) is 2.30. The van der Waals surface area contributed by atoms with Crippen LogP contribution >= 0.6 is 0 Å². The summed E-state index contributed by atoms with van der Waals surface area (Å²) in [6.45, 7) is 3.06. The second-order valence-corrected chi connectivity index (χ2v) is 3.69. The second kappa shape index (κ2) is 7.04. The van der Waals surface area contributed by atoms with Crippen molar-refractivity contribution < 1.29 is 0 Å². The fourth-order valence-electron chi connectivity index (χ4n) is 1.44. The molecule has 15 heavy (non-hydrogen) atoms. The summed E-state index contributed by atoms with van der Waals surface area (Å²) in [6.07, 6.45) is 4.95. The first-order valence-corrected chi connectivity index (χ1v) is 5.70. The first-order chi connectivity index (χ1) is 7.34. The lowest BCUT2D eigenvalue weighted by Gasteiger charge is -2.00. The van der Waals surface area contributed by atoms with Crippen LogP contribution in [0.4, 0.5) is 0 Å². The van der Waals surface area contributed by atoms with Crippen LogP contribution in [0, 0.1) is 0 Å². The maximum atomic E-state index is 5.86. The molecule has 0 saturated heterocycles. The maximum Gasteiger partial charge on any atom is 0.125 e. The molecule has 0 atom stereocenters. The van der Waals surface area contributed by atoms with Gasteiger partial charge in [-0.1, -0.05) is 56.5 Å². The van der Waals surface area contributed by atoms with Crippen LogP contribution in [0.15, 0.2) is 35.3 Å². The summed E-state index contributed by atoms with van der Waals surface area (Å²) in [5, 5.41) is 0. The molecule has 0 unspecified atom stereocenters. The monoisotopic (exact) mass is 204 g/mol. The van der Waals surface area contributed by atoms with Crippen molar-refractivity contribution in [2.45, 2.75) is 32.6 Å². The van der Waals surface area contributed by atoms with Gasteiger partial charge in [0.15, 0.2) is 0 Å². The summed E-state index contributed by atoms with van der Waals surface area (Å²) in [5.41, 5.74) is 6.88. The smallest absolute Gasteiger partial charge is 0.125 e. The van der Waals surface area contributed by atoms with E-state index in [0.717, 1.165) is 18.5 Å². The zero-order valence-corrected chi connectivity index (χ0v) is 9.45. The molecule has 0 saturated carbocycles. The largest absolute Gasteiger partial charge is 0.384 e. The van der Waals surface area contributed by atoms with E-state index in [2.05, 4.69) is 11.9 Å². The van der Waals surface area contributed by atoms with Crippen molar-refractivity contribution in [3.8, 4) is 0 Å². The number of amidine groups is 1. The Morgan fingerprint density at radius 2 is 1.87 bits per heavy atom. The van der Waals surface area contributed by atoms with Crippen molar-refractivity contribution in [1.82, 2.24) is 0 Å². The van der Waals surface area contributed by atoms with Crippen LogP contribution in [0.5, 0.6) is 0 Å². The molecule has 0 heterocycles. The van der Waals surface area contributed by atoms with Crippen molar-refractivity contribution in [3.63, 3.8) is 0 Å². The number of aliphatic imine (C=N–C) groups is 1. The summed E-state index contributed by atoms with van der Waals surface area (Å²) in [6, 6.07) is 9.93. The highest BCUT2D eigenvalue weighted by Gasteiger charge is 1.95. The van der Waals surface area contributed by atoms with Crippen LogP contribution < -0.4 is 5.73 Å². The molecule has 0 radical (unpaired) electrons. The number of rotatable bonds is 6. The normalized spacial score (nSPS) is 11.7. The maximum absolute atomic E-state index is 5.86. The SMILES string of the molecule is CCCCCCN=C(N)c1ccccc1. The molecular weight excluding hydrogens is 184 g/mol. The molecule has 1 aromatic rings. The number of nitrogens with zero attached hydrogens (tertiary/aromatic N) is 1. The molecule has 1 rings (SSSR count). The molecule has 1 aromatic carbocycles. The van der Waals surface area contributed by atoms with Gasteiger partial charge in [0.2, 0.25) is 0 Å². The Balaban J connectivity index is 2.33. The van der Waals surface area contributed by atoms with E-state index in [4.69, 9.17) is 5.73 Å². The van der Waals surface area contributed by atoms with E-state index < -0.39 is 0 Å².